The fourth-order valence-electron chi connectivity index (χ4n) is 2.64. The molecule has 2 amide bonds. The molecular weight excluding hydrogens is 224 g/mol. The van der Waals surface area contributed by atoms with E-state index in [1.807, 2.05) is 6.92 Å². The number of hydrogen-bond acceptors (Lipinski definition) is 3. The summed E-state index contributed by atoms with van der Waals surface area (Å²) in [5.41, 5.74) is 0. The zero-order valence-electron chi connectivity index (χ0n) is 9.87. The van der Waals surface area contributed by atoms with Gasteiger partial charge in [-0.2, -0.15) is 0 Å². The molecule has 6 heteroatoms. The van der Waals surface area contributed by atoms with Gasteiger partial charge in [0.05, 0.1) is 6.10 Å². The number of aliphatic hydroxyl groups is 1. The molecule has 2 saturated heterocycles. The number of carbonyl (C=O) groups is 2. The highest BCUT2D eigenvalue weighted by atomic mass is 16.4. The van der Waals surface area contributed by atoms with Crippen LogP contribution in [0.5, 0.6) is 0 Å². The lowest BCUT2D eigenvalue weighted by molar-refractivity contribution is -0.141. The Morgan fingerprint density at radius 3 is 2.53 bits per heavy atom. The molecule has 0 saturated carbocycles. The van der Waals surface area contributed by atoms with Crippen molar-refractivity contribution in [3.63, 3.8) is 0 Å². The first kappa shape index (κ1) is 12.2. The molecule has 2 aliphatic heterocycles. The summed E-state index contributed by atoms with van der Waals surface area (Å²) in [6, 6.07) is -0.973. The Morgan fingerprint density at radius 2 is 2.00 bits per heavy atom. The van der Waals surface area contributed by atoms with Gasteiger partial charge in [0.2, 0.25) is 0 Å². The topological polar surface area (TPSA) is 81.1 Å². The number of likely N-dealkylation sites (tertiary alicyclic amines) is 2. The van der Waals surface area contributed by atoms with Crippen molar-refractivity contribution >= 4 is 12.0 Å². The number of aliphatic carboxylic acids is 1. The van der Waals surface area contributed by atoms with Crippen LogP contribution in [0, 0.1) is 0 Å². The van der Waals surface area contributed by atoms with Crippen molar-refractivity contribution in [3.8, 4) is 0 Å². The second-order valence-electron chi connectivity index (χ2n) is 4.86. The molecule has 2 fully saturated rings. The third-order valence-electron chi connectivity index (χ3n) is 3.61. The van der Waals surface area contributed by atoms with Gasteiger partial charge in [-0.15, -0.1) is 0 Å². The molecule has 6 nitrogen and oxygen atoms in total. The molecule has 0 aliphatic carbocycles. The maximum atomic E-state index is 12.2. The van der Waals surface area contributed by atoms with Crippen molar-refractivity contribution < 1.29 is 19.8 Å². The zero-order valence-corrected chi connectivity index (χ0v) is 9.87. The van der Waals surface area contributed by atoms with Crippen LogP contribution < -0.4 is 0 Å². The van der Waals surface area contributed by atoms with Crippen molar-refractivity contribution in [1.82, 2.24) is 9.80 Å². The number of aliphatic hydroxyl groups excluding tert-OH is 1. The van der Waals surface area contributed by atoms with Gasteiger partial charge >= 0.3 is 12.0 Å². The van der Waals surface area contributed by atoms with Gasteiger partial charge in [0.15, 0.2) is 0 Å². The van der Waals surface area contributed by atoms with Crippen molar-refractivity contribution in [1.29, 1.82) is 0 Å². The van der Waals surface area contributed by atoms with Crippen LogP contribution in [0.15, 0.2) is 0 Å². The Morgan fingerprint density at radius 1 is 1.29 bits per heavy atom. The van der Waals surface area contributed by atoms with Gasteiger partial charge in [0.1, 0.15) is 6.04 Å². The van der Waals surface area contributed by atoms with Crippen LogP contribution in [0.4, 0.5) is 4.79 Å². The Balaban J connectivity index is 2.10. The molecule has 0 aromatic rings. The van der Waals surface area contributed by atoms with E-state index in [2.05, 4.69) is 0 Å². The molecule has 0 radical (unpaired) electrons. The van der Waals surface area contributed by atoms with Gasteiger partial charge in [-0.3, -0.25) is 0 Å². The summed E-state index contributed by atoms with van der Waals surface area (Å²) in [6.45, 7) is 2.77. The summed E-state index contributed by atoms with van der Waals surface area (Å²) in [7, 11) is 0. The molecule has 2 aliphatic rings. The maximum Gasteiger partial charge on any atom is 0.326 e. The maximum absolute atomic E-state index is 12.2. The van der Waals surface area contributed by atoms with Crippen LogP contribution in [0.25, 0.3) is 0 Å². The normalized spacial score (nSPS) is 33.2. The summed E-state index contributed by atoms with van der Waals surface area (Å²) >= 11 is 0. The van der Waals surface area contributed by atoms with Gasteiger partial charge in [-0.05, 0) is 19.8 Å². The second kappa shape index (κ2) is 4.52. The summed E-state index contributed by atoms with van der Waals surface area (Å²) < 4.78 is 0. The molecule has 2 rings (SSSR count). The van der Waals surface area contributed by atoms with Crippen molar-refractivity contribution in [2.45, 2.75) is 44.4 Å². The first-order valence-electron chi connectivity index (χ1n) is 5.99. The third kappa shape index (κ3) is 2.22. The number of β-amino-alcohol motifs (C(OH)–C–C–N with tert-alkyl or cyclic N) is 1. The lowest BCUT2D eigenvalue weighted by atomic mass is 10.2. The van der Waals surface area contributed by atoms with Crippen molar-refractivity contribution in [2.24, 2.45) is 0 Å². The zero-order chi connectivity index (χ0) is 12.6. The van der Waals surface area contributed by atoms with Gasteiger partial charge in [-0.25, -0.2) is 9.59 Å². The minimum Gasteiger partial charge on any atom is -0.480 e. The van der Waals surface area contributed by atoms with Crippen LogP contribution in [0.1, 0.15) is 26.2 Å². The number of urea groups is 1. The number of carbonyl (C=O) groups excluding carboxylic acids is 1. The molecular formula is C11H18N2O4. The lowest BCUT2D eigenvalue weighted by Gasteiger charge is -2.29. The van der Waals surface area contributed by atoms with E-state index in [0.717, 1.165) is 12.8 Å². The van der Waals surface area contributed by atoms with E-state index in [9.17, 15) is 14.7 Å². The smallest absolute Gasteiger partial charge is 0.326 e. The predicted octanol–water partition coefficient (Wildman–Crippen LogP) is 0.110. The summed E-state index contributed by atoms with van der Waals surface area (Å²) in [5.74, 6) is -1.04. The standard InChI is InChI=1S/C11H18N2O4/c1-7-3-2-4-12(7)11(17)13-6-8(14)5-9(13)10(15)16/h7-9,14H,2-6H2,1H3,(H,15,16)/t7?,8-,9+/m1/s1. The summed E-state index contributed by atoms with van der Waals surface area (Å²) in [4.78, 5) is 26.2. The Labute approximate surface area is 99.8 Å². The SMILES string of the molecule is CC1CCCN1C(=O)N1C[C@H](O)C[C@H]1C(=O)O. The summed E-state index contributed by atoms with van der Waals surface area (Å²) in [6.07, 6.45) is 1.32. The highest BCUT2D eigenvalue weighted by molar-refractivity contribution is 5.83. The number of amides is 2. The number of carboxylic acids is 1. The predicted molar refractivity (Wildman–Crippen MR) is 59.6 cm³/mol. The van der Waals surface area contributed by atoms with Gasteiger partial charge in [0.25, 0.3) is 0 Å². The Kier molecular flexibility index (Phi) is 3.24. The van der Waals surface area contributed by atoms with Gasteiger partial charge in [-0.1, -0.05) is 0 Å². The van der Waals surface area contributed by atoms with Crippen LogP contribution in [0.3, 0.4) is 0 Å². The van der Waals surface area contributed by atoms with Crippen LogP contribution in [-0.2, 0) is 4.79 Å². The minimum absolute atomic E-state index is 0.124. The van der Waals surface area contributed by atoms with E-state index in [0.29, 0.717) is 6.54 Å². The molecule has 0 bridgehead atoms. The fraction of sp³-hybridized carbons (Fsp3) is 0.818. The molecule has 1 unspecified atom stereocenters. The van der Waals surface area contributed by atoms with Gasteiger partial charge in [0, 0.05) is 25.6 Å². The largest absolute Gasteiger partial charge is 0.480 e. The van der Waals surface area contributed by atoms with Crippen molar-refractivity contribution in [3.05, 3.63) is 0 Å². The number of rotatable bonds is 1. The number of hydrogen-bond donors (Lipinski definition) is 2. The highest BCUT2D eigenvalue weighted by Crippen LogP contribution is 2.24. The molecule has 96 valence electrons. The van der Waals surface area contributed by atoms with E-state index in [4.69, 9.17) is 5.11 Å². The molecule has 0 spiro atoms. The molecule has 0 aromatic carbocycles. The number of carboxylic acid groups (broad SMARTS) is 1. The third-order valence-corrected chi connectivity index (χ3v) is 3.61. The van der Waals surface area contributed by atoms with E-state index >= 15 is 0 Å². The molecule has 3 atom stereocenters. The Bertz CT molecular complexity index is 333. The number of nitrogens with zero attached hydrogens (tertiary/aromatic N) is 2. The van der Waals surface area contributed by atoms with E-state index in [1.165, 1.54) is 4.90 Å². The van der Waals surface area contributed by atoms with Gasteiger partial charge < -0.3 is 20.0 Å². The quantitative estimate of drug-likeness (QED) is 0.684. The van der Waals surface area contributed by atoms with Crippen LogP contribution in [0.2, 0.25) is 0 Å². The molecule has 2 N–H and O–H groups in total. The van der Waals surface area contributed by atoms with E-state index in [1.54, 1.807) is 4.90 Å². The highest BCUT2D eigenvalue weighted by Gasteiger charge is 2.42. The second-order valence-corrected chi connectivity index (χ2v) is 4.86. The first-order chi connectivity index (χ1) is 8.00. The van der Waals surface area contributed by atoms with E-state index < -0.39 is 18.1 Å². The molecule has 0 aromatic heterocycles. The van der Waals surface area contributed by atoms with E-state index in [-0.39, 0.29) is 25.0 Å². The molecule has 2 heterocycles. The Hall–Kier alpha value is -1.30. The van der Waals surface area contributed by atoms with Crippen LogP contribution >= 0.6 is 0 Å². The minimum atomic E-state index is -1.04. The lowest BCUT2D eigenvalue weighted by Crippen LogP contribution is -2.49. The summed E-state index contributed by atoms with van der Waals surface area (Å²) in [5, 5.41) is 18.5. The first-order valence-corrected chi connectivity index (χ1v) is 5.99. The average Bonchev–Trinajstić information content (AvgIpc) is 2.83. The average molecular weight is 242 g/mol. The van der Waals surface area contributed by atoms with Crippen LogP contribution in [-0.4, -0.2) is 63.3 Å². The van der Waals surface area contributed by atoms with Crippen molar-refractivity contribution in [2.75, 3.05) is 13.1 Å². The monoisotopic (exact) mass is 242 g/mol. The fourth-order valence-corrected chi connectivity index (χ4v) is 2.64. The molecule has 17 heavy (non-hydrogen) atoms.